The van der Waals surface area contributed by atoms with Gasteiger partial charge in [-0.05, 0) is 32.0 Å². The summed E-state index contributed by atoms with van der Waals surface area (Å²) in [5.74, 6) is 0.461. The highest BCUT2D eigenvalue weighted by molar-refractivity contribution is 6.32. The number of urea groups is 1. The number of carbonyl (C=O) groups excluding carboxylic acids is 1. The van der Waals surface area contributed by atoms with Crippen LogP contribution >= 0.6 is 11.6 Å². The van der Waals surface area contributed by atoms with Crippen LogP contribution in [0.1, 0.15) is 13.8 Å². The monoisotopic (exact) mass is 270 g/mol. The third kappa shape index (κ3) is 4.50. The van der Waals surface area contributed by atoms with E-state index in [1.165, 1.54) is 0 Å². The van der Waals surface area contributed by atoms with E-state index in [1.54, 1.807) is 18.2 Å². The SMILES string of the molecule is CC(C)Oc1ccc(/N=C(/N)NC(N)=O)cc1Cl. The lowest BCUT2D eigenvalue weighted by molar-refractivity contribution is 0.242. The molecule has 6 nitrogen and oxygen atoms in total. The molecule has 1 rings (SSSR count). The van der Waals surface area contributed by atoms with Gasteiger partial charge in [0.2, 0.25) is 5.96 Å². The third-order valence-corrected chi connectivity index (χ3v) is 2.07. The topological polar surface area (TPSA) is 103 Å². The summed E-state index contributed by atoms with van der Waals surface area (Å²) >= 11 is 6.02. The van der Waals surface area contributed by atoms with Crippen LogP contribution in [0.5, 0.6) is 5.75 Å². The second kappa shape index (κ2) is 6.11. The van der Waals surface area contributed by atoms with Gasteiger partial charge in [0.1, 0.15) is 5.75 Å². The highest BCUT2D eigenvalue weighted by Gasteiger charge is 2.05. The number of hydrogen-bond acceptors (Lipinski definition) is 3. The fourth-order valence-electron chi connectivity index (χ4n) is 1.20. The minimum Gasteiger partial charge on any atom is -0.489 e. The van der Waals surface area contributed by atoms with Crippen molar-refractivity contribution in [1.29, 1.82) is 0 Å². The van der Waals surface area contributed by atoms with Crippen LogP contribution in [0, 0.1) is 0 Å². The molecule has 18 heavy (non-hydrogen) atoms. The van der Waals surface area contributed by atoms with E-state index in [4.69, 9.17) is 27.8 Å². The first-order chi connectivity index (χ1) is 8.38. The maximum Gasteiger partial charge on any atom is 0.318 e. The second-order valence-electron chi connectivity index (χ2n) is 3.77. The van der Waals surface area contributed by atoms with Gasteiger partial charge in [-0.1, -0.05) is 11.6 Å². The molecule has 0 atom stereocenters. The lowest BCUT2D eigenvalue weighted by Gasteiger charge is -2.11. The number of primary amides is 1. The molecule has 0 spiro atoms. The van der Waals surface area contributed by atoms with E-state index in [1.807, 2.05) is 13.8 Å². The minimum atomic E-state index is -0.776. The van der Waals surface area contributed by atoms with Crippen LogP contribution in [0.3, 0.4) is 0 Å². The number of rotatable bonds is 3. The van der Waals surface area contributed by atoms with E-state index in [0.29, 0.717) is 16.5 Å². The molecule has 0 aliphatic rings. The molecule has 7 heteroatoms. The Hall–Kier alpha value is -1.95. The predicted molar refractivity (Wildman–Crippen MR) is 71.2 cm³/mol. The molecule has 1 aromatic carbocycles. The summed E-state index contributed by atoms with van der Waals surface area (Å²) in [6.45, 7) is 3.80. The van der Waals surface area contributed by atoms with Crippen LogP contribution in [-0.4, -0.2) is 18.1 Å². The zero-order valence-electron chi connectivity index (χ0n) is 10.1. The quantitative estimate of drug-likeness (QED) is 0.576. The maximum absolute atomic E-state index is 10.5. The van der Waals surface area contributed by atoms with Crippen molar-refractivity contribution in [1.82, 2.24) is 5.32 Å². The fraction of sp³-hybridized carbons (Fsp3) is 0.273. The molecule has 0 heterocycles. The smallest absolute Gasteiger partial charge is 0.318 e. The molecule has 0 unspecified atom stereocenters. The van der Waals surface area contributed by atoms with Crippen molar-refractivity contribution >= 4 is 29.3 Å². The molecule has 0 radical (unpaired) electrons. The van der Waals surface area contributed by atoms with Crippen LogP contribution in [0.4, 0.5) is 10.5 Å². The molecule has 0 aliphatic carbocycles. The summed E-state index contributed by atoms with van der Waals surface area (Å²) in [6, 6.07) is 4.15. The molecular weight excluding hydrogens is 256 g/mol. The number of hydrogen-bond donors (Lipinski definition) is 3. The number of nitrogens with zero attached hydrogens (tertiary/aromatic N) is 1. The van der Waals surface area contributed by atoms with Crippen molar-refractivity contribution in [2.45, 2.75) is 20.0 Å². The first-order valence-corrected chi connectivity index (χ1v) is 5.63. The molecule has 2 amide bonds. The molecule has 0 bridgehead atoms. The molecule has 0 aromatic heterocycles. The Balaban J connectivity index is 2.87. The molecule has 0 saturated heterocycles. The van der Waals surface area contributed by atoms with Crippen molar-refractivity contribution < 1.29 is 9.53 Å². The van der Waals surface area contributed by atoms with E-state index < -0.39 is 6.03 Å². The molecule has 0 fully saturated rings. The summed E-state index contributed by atoms with van der Waals surface area (Å²) in [5, 5.41) is 2.56. The average Bonchev–Trinajstić information content (AvgIpc) is 2.20. The Morgan fingerprint density at radius 3 is 2.61 bits per heavy atom. The second-order valence-corrected chi connectivity index (χ2v) is 4.17. The fourth-order valence-corrected chi connectivity index (χ4v) is 1.42. The van der Waals surface area contributed by atoms with E-state index >= 15 is 0 Å². The number of halogens is 1. The highest BCUT2D eigenvalue weighted by atomic mass is 35.5. The Labute approximate surface area is 110 Å². The molecule has 98 valence electrons. The van der Waals surface area contributed by atoms with Crippen molar-refractivity contribution in [3.8, 4) is 5.75 Å². The van der Waals surface area contributed by atoms with Gasteiger partial charge in [0.15, 0.2) is 0 Å². The Bertz CT molecular complexity index is 474. The predicted octanol–water partition coefficient (Wildman–Crippen LogP) is 1.74. The largest absolute Gasteiger partial charge is 0.489 e. The van der Waals surface area contributed by atoms with Crippen LogP contribution in [0.2, 0.25) is 5.02 Å². The summed E-state index contributed by atoms with van der Waals surface area (Å²) in [7, 11) is 0. The van der Waals surface area contributed by atoms with Gasteiger partial charge in [0, 0.05) is 0 Å². The van der Waals surface area contributed by atoms with Crippen molar-refractivity contribution in [2.75, 3.05) is 0 Å². The van der Waals surface area contributed by atoms with E-state index in [9.17, 15) is 4.79 Å². The number of aliphatic imine (C=N–C) groups is 1. The van der Waals surface area contributed by atoms with Gasteiger partial charge < -0.3 is 16.2 Å². The van der Waals surface area contributed by atoms with E-state index in [2.05, 4.69) is 10.3 Å². The highest BCUT2D eigenvalue weighted by Crippen LogP contribution is 2.29. The van der Waals surface area contributed by atoms with Crippen molar-refractivity contribution in [3.05, 3.63) is 23.2 Å². The molecule has 0 aliphatic heterocycles. The molecular formula is C11H15ClN4O2. The number of amides is 2. The zero-order chi connectivity index (χ0) is 13.7. The third-order valence-electron chi connectivity index (χ3n) is 1.78. The van der Waals surface area contributed by atoms with Gasteiger partial charge in [0.25, 0.3) is 0 Å². The Morgan fingerprint density at radius 2 is 2.11 bits per heavy atom. The average molecular weight is 271 g/mol. The summed E-state index contributed by atoms with van der Waals surface area (Å²) in [5.41, 5.74) is 10.8. The van der Waals surface area contributed by atoms with E-state index in [-0.39, 0.29) is 12.1 Å². The first-order valence-electron chi connectivity index (χ1n) is 5.25. The van der Waals surface area contributed by atoms with Gasteiger partial charge in [-0.15, -0.1) is 0 Å². The summed E-state index contributed by atoms with van der Waals surface area (Å²) < 4.78 is 5.47. The number of nitrogens with one attached hydrogen (secondary N) is 1. The van der Waals surface area contributed by atoms with Crippen molar-refractivity contribution in [2.24, 2.45) is 16.5 Å². The van der Waals surface area contributed by atoms with Crippen LogP contribution in [0.25, 0.3) is 0 Å². The standard InChI is InChI=1S/C11H15ClN4O2/c1-6(2)18-9-4-3-7(5-8(9)12)15-10(13)16-11(14)17/h3-6H,1-2H3,(H5,13,14,15,16,17). The van der Waals surface area contributed by atoms with Crippen LogP contribution in [0.15, 0.2) is 23.2 Å². The number of ether oxygens (including phenoxy) is 1. The normalized spacial score (nSPS) is 11.4. The molecule has 0 saturated carbocycles. The molecule has 5 N–H and O–H groups in total. The van der Waals surface area contributed by atoms with E-state index in [0.717, 1.165) is 0 Å². The summed E-state index contributed by atoms with van der Waals surface area (Å²) in [6.07, 6.45) is 0.0263. The first kappa shape index (κ1) is 14.1. The van der Waals surface area contributed by atoms with Gasteiger partial charge in [0.05, 0.1) is 16.8 Å². The Morgan fingerprint density at radius 1 is 1.44 bits per heavy atom. The minimum absolute atomic E-state index is 0.0263. The number of guanidine groups is 1. The number of benzene rings is 1. The Kier molecular flexibility index (Phi) is 4.79. The van der Waals surface area contributed by atoms with Crippen molar-refractivity contribution in [3.63, 3.8) is 0 Å². The number of nitrogens with two attached hydrogens (primary N) is 2. The summed E-state index contributed by atoms with van der Waals surface area (Å²) in [4.78, 5) is 14.5. The van der Waals surface area contributed by atoms with Gasteiger partial charge >= 0.3 is 6.03 Å². The lowest BCUT2D eigenvalue weighted by Crippen LogP contribution is -2.39. The van der Waals surface area contributed by atoms with Gasteiger partial charge in [-0.3, -0.25) is 5.32 Å². The number of carbonyl (C=O) groups is 1. The zero-order valence-corrected chi connectivity index (χ0v) is 10.9. The van der Waals surface area contributed by atoms with Gasteiger partial charge in [-0.2, -0.15) is 0 Å². The lowest BCUT2D eigenvalue weighted by atomic mass is 10.3. The van der Waals surface area contributed by atoms with Gasteiger partial charge in [-0.25, -0.2) is 9.79 Å². The van der Waals surface area contributed by atoms with Crippen LogP contribution < -0.4 is 21.5 Å². The van der Waals surface area contributed by atoms with Crippen LogP contribution in [-0.2, 0) is 0 Å². The molecule has 1 aromatic rings. The maximum atomic E-state index is 10.5.